The molecule has 0 amide bonds. The molecule has 0 N–H and O–H groups in total. The van der Waals surface area contributed by atoms with Gasteiger partial charge >= 0.3 is 0 Å². The van der Waals surface area contributed by atoms with Crippen molar-refractivity contribution in [2.75, 3.05) is 0 Å². The van der Waals surface area contributed by atoms with E-state index in [4.69, 9.17) is 11.1 Å². The first-order valence-electron chi connectivity index (χ1n) is 5.31. The first-order valence-corrected chi connectivity index (χ1v) is 5.31. The molecule has 0 saturated carbocycles. The van der Waals surface area contributed by atoms with Crippen molar-refractivity contribution in [3.8, 4) is 0 Å². The number of nitrogens with zero attached hydrogens (tertiary/aromatic N) is 3. The van der Waals surface area contributed by atoms with Crippen molar-refractivity contribution in [3.63, 3.8) is 0 Å². The Morgan fingerprint density at radius 2 is 0.923 bits per heavy atom. The third kappa shape index (κ3) is 24.6. The van der Waals surface area contributed by atoms with Gasteiger partial charge in [0, 0.05) is 0 Å². The van der Waals surface area contributed by atoms with E-state index in [0.29, 0.717) is 0 Å². The summed E-state index contributed by atoms with van der Waals surface area (Å²) in [4.78, 5) is 1.50. The molecule has 0 heterocycles. The minimum atomic E-state index is 1.37. The summed E-state index contributed by atoms with van der Waals surface area (Å²) in [6.07, 6.45) is 11.5. The van der Waals surface area contributed by atoms with Crippen LogP contribution >= 0.6 is 0 Å². The van der Waals surface area contributed by atoms with Gasteiger partial charge in [-0.2, -0.15) is 0 Å². The fourth-order valence-corrected chi connectivity index (χ4v) is 1.21. The molecule has 0 aromatic rings. The zero-order valence-corrected chi connectivity index (χ0v) is 9.00. The smallest absolute Gasteiger partial charge is 0.0533 e. The van der Waals surface area contributed by atoms with Gasteiger partial charge in [0.05, 0.1) is 0 Å². The molecular weight excluding hydrogens is 162 g/mol. The normalized spacial score (nSPS) is 8.46. The molecule has 3 heteroatoms. The number of unbranched alkanes of at least 4 members (excludes halogenated alkanes) is 7. The molecule has 0 atom stereocenters. The molecule has 0 saturated heterocycles. The van der Waals surface area contributed by atoms with Gasteiger partial charge in [-0.05, 0) is 0 Å². The predicted octanol–water partition coefficient (Wildman–Crippen LogP) is 5.01. The summed E-state index contributed by atoms with van der Waals surface area (Å²) in [7, 11) is 0. The molecule has 0 aliphatic carbocycles. The van der Waals surface area contributed by atoms with E-state index in [1.54, 1.807) is 0 Å². The quantitative estimate of drug-likeness (QED) is 0.231. The summed E-state index contributed by atoms with van der Waals surface area (Å²) in [5.41, 5.74) is 13.5. The molecule has 0 aromatic carbocycles. The Balaban J connectivity index is 0. The lowest BCUT2D eigenvalue weighted by molar-refractivity contribution is 0.585. The molecule has 0 unspecified atom stereocenters. The van der Waals surface area contributed by atoms with Gasteiger partial charge in [0.25, 0.3) is 0 Å². The average Bonchev–Trinajstić information content (AvgIpc) is 2.13. The van der Waals surface area contributed by atoms with Crippen LogP contribution in [0.2, 0.25) is 0 Å². The molecule has 0 rings (SSSR count). The monoisotopic (exact) mass is 184 g/mol. The maximum atomic E-state index is 6.75. The fraction of sp³-hybridized carbons (Fsp3) is 1.00. The second-order valence-electron chi connectivity index (χ2n) is 3.21. The van der Waals surface area contributed by atoms with Crippen LogP contribution in [0.3, 0.4) is 0 Å². The van der Waals surface area contributed by atoms with E-state index in [9.17, 15) is 0 Å². The second kappa shape index (κ2) is 17.4. The van der Waals surface area contributed by atoms with E-state index in [0.717, 1.165) is 0 Å². The molecular formula is C10H22N3-. The molecule has 0 bridgehead atoms. The van der Waals surface area contributed by atoms with Gasteiger partial charge in [-0.25, -0.2) is 0 Å². The highest BCUT2D eigenvalue weighted by Crippen LogP contribution is 2.07. The topological polar surface area (TPSA) is 58.7 Å². The lowest BCUT2D eigenvalue weighted by atomic mass is 10.1. The van der Waals surface area contributed by atoms with Crippen LogP contribution < -0.4 is 0 Å². The Hall–Kier alpha value is -0.690. The molecule has 0 aliphatic heterocycles. The van der Waals surface area contributed by atoms with E-state index in [1.807, 2.05) is 0 Å². The summed E-state index contributed by atoms with van der Waals surface area (Å²) in [5, 5.41) is 0. The van der Waals surface area contributed by atoms with Crippen LogP contribution in [0, 0.1) is 0 Å². The van der Waals surface area contributed by atoms with Gasteiger partial charge in [-0.15, -0.1) is 0 Å². The van der Waals surface area contributed by atoms with Crippen molar-refractivity contribution in [3.05, 3.63) is 16.0 Å². The first-order chi connectivity index (χ1) is 6.33. The Morgan fingerprint density at radius 1 is 0.692 bits per heavy atom. The average molecular weight is 184 g/mol. The highest BCUT2D eigenvalue weighted by atomic mass is 15.0. The fourth-order valence-electron chi connectivity index (χ4n) is 1.21. The predicted molar refractivity (Wildman–Crippen MR) is 58.4 cm³/mol. The summed E-state index contributed by atoms with van der Waals surface area (Å²) in [6.45, 7) is 4.54. The molecule has 13 heavy (non-hydrogen) atoms. The standard InChI is InChI=1S/C10H22.N3/c1-3-5-7-9-10-8-6-4-2;1-3-2/h3-10H2,1-2H3;/q;-1. The van der Waals surface area contributed by atoms with E-state index >= 15 is 0 Å². The molecule has 0 fully saturated rings. The third-order valence-electron chi connectivity index (χ3n) is 1.96. The largest absolute Gasteiger partial charge is 0.373 e. The molecule has 0 aromatic heterocycles. The summed E-state index contributed by atoms with van der Waals surface area (Å²) < 4.78 is 0. The van der Waals surface area contributed by atoms with E-state index in [1.165, 1.54) is 56.3 Å². The van der Waals surface area contributed by atoms with Crippen molar-refractivity contribution >= 4 is 0 Å². The van der Waals surface area contributed by atoms with Crippen LogP contribution in [0.5, 0.6) is 0 Å². The van der Waals surface area contributed by atoms with Crippen molar-refractivity contribution in [1.29, 1.82) is 0 Å². The van der Waals surface area contributed by atoms with E-state index in [2.05, 4.69) is 13.8 Å². The SMILES string of the molecule is CCCCCCCCCC.[N-]=[N+]=[N-]. The Kier molecular flexibility index (Phi) is 19.8. The van der Waals surface area contributed by atoms with E-state index < -0.39 is 0 Å². The Morgan fingerprint density at radius 3 is 1.15 bits per heavy atom. The summed E-state index contributed by atoms with van der Waals surface area (Å²) in [6, 6.07) is 0. The zero-order chi connectivity index (χ0) is 10.4. The number of hydrogen-bond acceptors (Lipinski definition) is 0. The van der Waals surface area contributed by atoms with E-state index in [-0.39, 0.29) is 0 Å². The lowest BCUT2D eigenvalue weighted by Crippen LogP contribution is -1.77. The lowest BCUT2D eigenvalue weighted by Gasteiger charge is -1.97. The van der Waals surface area contributed by atoms with Gasteiger partial charge in [-0.3, -0.25) is 4.91 Å². The Labute approximate surface area is 82.0 Å². The Bertz CT molecular complexity index is 98.7. The zero-order valence-electron chi connectivity index (χ0n) is 9.00. The van der Waals surface area contributed by atoms with Gasteiger partial charge in [0.15, 0.2) is 0 Å². The van der Waals surface area contributed by atoms with Crippen molar-refractivity contribution in [2.24, 2.45) is 0 Å². The molecule has 78 valence electrons. The van der Waals surface area contributed by atoms with Gasteiger partial charge in [0.1, 0.15) is 0 Å². The third-order valence-corrected chi connectivity index (χ3v) is 1.96. The second-order valence-corrected chi connectivity index (χ2v) is 3.21. The van der Waals surface area contributed by atoms with Crippen molar-refractivity contribution < 1.29 is 0 Å². The maximum absolute atomic E-state index is 6.75. The van der Waals surface area contributed by atoms with Crippen molar-refractivity contribution in [1.82, 2.24) is 0 Å². The first kappa shape index (κ1) is 14.8. The van der Waals surface area contributed by atoms with Crippen molar-refractivity contribution in [2.45, 2.75) is 65.2 Å². The van der Waals surface area contributed by atoms with Crippen LogP contribution in [-0.4, -0.2) is 0 Å². The summed E-state index contributed by atoms with van der Waals surface area (Å²) >= 11 is 0. The summed E-state index contributed by atoms with van der Waals surface area (Å²) in [5.74, 6) is 0. The van der Waals surface area contributed by atoms with Gasteiger partial charge in [0.2, 0.25) is 0 Å². The van der Waals surface area contributed by atoms with Crippen LogP contribution in [0.15, 0.2) is 0 Å². The molecule has 0 spiro atoms. The highest BCUT2D eigenvalue weighted by Gasteiger charge is 1.87. The molecule has 3 nitrogen and oxygen atoms in total. The number of hydrogen-bond donors (Lipinski definition) is 0. The van der Waals surface area contributed by atoms with Crippen LogP contribution in [-0.2, 0) is 0 Å². The van der Waals surface area contributed by atoms with Crippen LogP contribution in [0.1, 0.15) is 65.2 Å². The molecule has 0 aliphatic rings. The minimum Gasteiger partial charge on any atom is -0.373 e. The maximum Gasteiger partial charge on any atom is -0.0533 e. The van der Waals surface area contributed by atoms with Crippen LogP contribution in [0.25, 0.3) is 16.0 Å². The molecule has 0 radical (unpaired) electrons. The van der Waals surface area contributed by atoms with Gasteiger partial charge in [-0.1, -0.05) is 65.2 Å². The van der Waals surface area contributed by atoms with Crippen LogP contribution in [0.4, 0.5) is 0 Å². The minimum absolute atomic E-state index is 1.37. The van der Waals surface area contributed by atoms with Gasteiger partial charge < -0.3 is 11.1 Å². The number of rotatable bonds is 7. The highest BCUT2D eigenvalue weighted by molar-refractivity contribution is 4.43.